The minimum absolute atomic E-state index is 0.123. The summed E-state index contributed by atoms with van der Waals surface area (Å²) in [6, 6.07) is 1.99. The fraction of sp³-hybridized carbons (Fsp3) is 0.619. The van der Waals surface area contributed by atoms with E-state index in [1.165, 1.54) is 11.1 Å². The number of hydrogen-bond acceptors (Lipinski definition) is 3. The lowest BCUT2D eigenvalue weighted by molar-refractivity contribution is -0.158. The van der Waals surface area contributed by atoms with Crippen molar-refractivity contribution in [1.82, 2.24) is 0 Å². The van der Waals surface area contributed by atoms with Gasteiger partial charge in [0, 0.05) is 11.5 Å². The van der Waals surface area contributed by atoms with Crippen LogP contribution in [0.5, 0.6) is 0 Å². The van der Waals surface area contributed by atoms with Crippen molar-refractivity contribution in [2.75, 3.05) is 0 Å². The fourth-order valence-corrected chi connectivity index (χ4v) is 2.75. The highest BCUT2D eigenvalue weighted by atomic mass is 16.5. The Morgan fingerprint density at radius 3 is 2.04 bits per heavy atom. The summed E-state index contributed by atoms with van der Waals surface area (Å²) in [5.74, 6) is -0.293. The van der Waals surface area contributed by atoms with Crippen molar-refractivity contribution in [2.45, 2.75) is 74.8 Å². The number of aryl methyl sites for hydroxylation is 1. The third-order valence-electron chi connectivity index (χ3n) is 4.80. The first-order chi connectivity index (χ1) is 10.9. The first-order valence-electron chi connectivity index (χ1n) is 8.69. The van der Waals surface area contributed by atoms with Gasteiger partial charge in [0.2, 0.25) is 0 Å². The zero-order valence-corrected chi connectivity index (χ0v) is 16.7. The van der Waals surface area contributed by atoms with Gasteiger partial charge in [0.25, 0.3) is 0 Å². The molecule has 0 aliphatic carbocycles. The zero-order valence-electron chi connectivity index (χ0n) is 16.7. The first-order valence-corrected chi connectivity index (χ1v) is 8.69. The number of esters is 1. The molecule has 3 heteroatoms. The predicted octanol–water partition coefficient (Wildman–Crippen LogP) is 5.11. The molecule has 2 atom stereocenters. The third-order valence-corrected chi connectivity index (χ3v) is 4.80. The minimum atomic E-state index is -0.525. The number of carbonyl (C=O) groups is 2. The van der Waals surface area contributed by atoms with Gasteiger partial charge in [-0.25, -0.2) is 0 Å². The Kier molecular flexibility index (Phi) is 6.38. The molecule has 0 N–H and O–H groups in total. The van der Waals surface area contributed by atoms with Crippen LogP contribution in [0.25, 0.3) is 0 Å². The van der Waals surface area contributed by atoms with E-state index < -0.39 is 5.41 Å². The van der Waals surface area contributed by atoms with Crippen molar-refractivity contribution < 1.29 is 14.3 Å². The summed E-state index contributed by atoms with van der Waals surface area (Å²) in [5.41, 5.74) is 4.87. The maximum atomic E-state index is 12.9. The summed E-state index contributed by atoms with van der Waals surface area (Å²) in [6.07, 6.45) is 0.259. The molecule has 1 aromatic carbocycles. The van der Waals surface area contributed by atoms with E-state index in [9.17, 15) is 9.59 Å². The van der Waals surface area contributed by atoms with Gasteiger partial charge in [-0.2, -0.15) is 0 Å². The van der Waals surface area contributed by atoms with Crippen molar-refractivity contribution in [2.24, 2.45) is 11.3 Å². The second-order valence-electron chi connectivity index (χ2n) is 8.08. The smallest absolute Gasteiger partial charge is 0.311 e. The summed E-state index contributed by atoms with van der Waals surface area (Å²) in [5, 5.41) is 0. The first kappa shape index (κ1) is 20.4. The van der Waals surface area contributed by atoms with Gasteiger partial charge in [-0.15, -0.1) is 0 Å². The highest BCUT2D eigenvalue weighted by Crippen LogP contribution is 2.25. The number of hydrogen-bond donors (Lipinski definition) is 0. The summed E-state index contributed by atoms with van der Waals surface area (Å²) >= 11 is 0. The van der Waals surface area contributed by atoms with Gasteiger partial charge in [0.1, 0.15) is 0 Å². The Morgan fingerprint density at radius 1 is 1.00 bits per heavy atom. The van der Waals surface area contributed by atoms with Gasteiger partial charge >= 0.3 is 5.97 Å². The van der Waals surface area contributed by atoms with Crippen molar-refractivity contribution in [3.8, 4) is 0 Å². The standard InChI is InChI=1S/C21H32O3/c1-12-11-18(17(6)16(5)15(12)4)19(22)13(2)10-14(3)24-20(23)21(7,8)9/h11,13-14H,10H2,1-9H3. The molecular formula is C21H32O3. The Morgan fingerprint density at radius 2 is 1.54 bits per heavy atom. The second kappa shape index (κ2) is 7.50. The van der Waals surface area contributed by atoms with Crippen LogP contribution in [0.15, 0.2) is 6.07 Å². The Balaban J connectivity index is 2.88. The Labute approximate surface area is 146 Å². The Bertz CT molecular complexity index is 635. The van der Waals surface area contributed by atoms with E-state index in [1.54, 1.807) is 0 Å². The molecule has 0 bridgehead atoms. The lowest BCUT2D eigenvalue weighted by atomic mass is 9.87. The average Bonchev–Trinajstić information content (AvgIpc) is 2.46. The van der Waals surface area contributed by atoms with Gasteiger partial charge in [0.05, 0.1) is 11.5 Å². The van der Waals surface area contributed by atoms with Crippen molar-refractivity contribution in [3.63, 3.8) is 0 Å². The largest absolute Gasteiger partial charge is 0.462 e. The molecule has 134 valence electrons. The quantitative estimate of drug-likeness (QED) is 0.556. The van der Waals surface area contributed by atoms with E-state index >= 15 is 0 Å². The van der Waals surface area contributed by atoms with E-state index in [0.717, 1.165) is 16.7 Å². The van der Waals surface area contributed by atoms with Crippen molar-refractivity contribution in [1.29, 1.82) is 0 Å². The maximum absolute atomic E-state index is 12.9. The number of ether oxygens (including phenoxy) is 1. The normalized spacial score (nSPS) is 14.2. The van der Waals surface area contributed by atoms with Gasteiger partial charge in [-0.3, -0.25) is 9.59 Å². The fourth-order valence-electron chi connectivity index (χ4n) is 2.75. The number of carbonyl (C=O) groups excluding carboxylic acids is 2. The molecule has 1 rings (SSSR count). The summed E-state index contributed by atoms with van der Waals surface area (Å²) < 4.78 is 5.48. The molecule has 0 heterocycles. The highest BCUT2D eigenvalue weighted by Gasteiger charge is 2.27. The molecule has 2 unspecified atom stereocenters. The summed E-state index contributed by atoms with van der Waals surface area (Å²) in [4.78, 5) is 24.8. The molecule has 0 aromatic heterocycles. The van der Waals surface area contributed by atoms with Crippen LogP contribution in [-0.4, -0.2) is 17.9 Å². The van der Waals surface area contributed by atoms with E-state index in [-0.39, 0.29) is 23.8 Å². The molecule has 0 saturated heterocycles. The van der Waals surface area contributed by atoms with Crippen LogP contribution < -0.4 is 0 Å². The molecule has 0 fully saturated rings. The van der Waals surface area contributed by atoms with Crippen molar-refractivity contribution in [3.05, 3.63) is 33.9 Å². The number of Topliss-reactive ketones (excluding diaryl/α,β-unsaturated/α-hetero) is 1. The summed E-state index contributed by atoms with van der Waals surface area (Å²) in [7, 11) is 0. The van der Waals surface area contributed by atoms with Crippen LogP contribution in [0.3, 0.4) is 0 Å². The molecule has 24 heavy (non-hydrogen) atoms. The average molecular weight is 332 g/mol. The number of ketones is 1. The predicted molar refractivity (Wildman–Crippen MR) is 98.5 cm³/mol. The molecule has 0 amide bonds. The molecule has 0 aliphatic heterocycles. The van der Waals surface area contributed by atoms with Gasteiger partial charge in [-0.1, -0.05) is 6.92 Å². The van der Waals surface area contributed by atoms with E-state index in [2.05, 4.69) is 13.8 Å². The molecule has 1 aromatic rings. The van der Waals surface area contributed by atoms with Crippen molar-refractivity contribution >= 4 is 11.8 Å². The molecular weight excluding hydrogens is 300 g/mol. The summed E-state index contributed by atoms with van der Waals surface area (Å²) in [6.45, 7) is 17.4. The van der Waals surface area contributed by atoms with Crippen LogP contribution in [0.4, 0.5) is 0 Å². The number of benzene rings is 1. The van der Waals surface area contributed by atoms with Crippen LogP contribution in [0.1, 0.15) is 73.7 Å². The van der Waals surface area contributed by atoms with Gasteiger partial charge < -0.3 is 4.74 Å². The molecule has 0 radical (unpaired) electrons. The molecule has 3 nitrogen and oxygen atoms in total. The Hall–Kier alpha value is -1.64. The number of rotatable bonds is 5. The highest BCUT2D eigenvalue weighted by molar-refractivity contribution is 5.99. The SMILES string of the molecule is Cc1cc(C(=O)C(C)CC(C)OC(=O)C(C)(C)C)c(C)c(C)c1C. The molecule has 0 spiro atoms. The van der Waals surface area contributed by atoms with Crippen LogP contribution in [0, 0.1) is 39.0 Å². The van der Waals surface area contributed by atoms with Crippen LogP contribution in [-0.2, 0) is 9.53 Å². The second-order valence-corrected chi connectivity index (χ2v) is 8.08. The van der Waals surface area contributed by atoms with Crippen LogP contribution >= 0.6 is 0 Å². The topological polar surface area (TPSA) is 43.4 Å². The zero-order chi connectivity index (χ0) is 18.8. The van der Waals surface area contributed by atoms with Gasteiger partial charge in [-0.05, 0) is 90.1 Å². The maximum Gasteiger partial charge on any atom is 0.311 e. The third kappa shape index (κ3) is 4.68. The van der Waals surface area contributed by atoms with Crippen LogP contribution in [0.2, 0.25) is 0 Å². The van der Waals surface area contributed by atoms with E-state index in [4.69, 9.17) is 4.74 Å². The lowest BCUT2D eigenvalue weighted by Gasteiger charge is -2.23. The monoisotopic (exact) mass is 332 g/mol. The minimum Gasteiger partial charge on any atom is -0.462 e. The molecule has 0 saturated carbocycles. The van der Waals surface area contributed by atoms with Gasteiger partial charge in [0.15, 0.2) is 5.78 Å². The van der Waals surface area contributed by atoms with E-state index in [1.807, 2.05) is 54.5 Å². The molecule has 0 aliphatic rings. The lowest BCUT2D eigenvalue weighted by Crippen LogP contribution is -2.29. The van der Waals surface area contributed by atoms with E-state index in [0.29, 0.717) is 6.42 Å².